The number of benzene rings is 2. The summed E-state index contributed by atoms with van der Waals surface area (Å²) in [5, 5.41) is 0. The summed E-state index contributed by atoms with van der Waals surface area (Å²) in [4.78, 5) is 4.52. The van der Waals surface area contributed by atoms with E-state index in [0.717, 1.165) is 40.9 Å². The molecule has 0 atom stereocenters. The van der Waals surface area contributed by atoms with Crippen molar-refractivity contribution >= 4 is 27.8 Å². The number of rotatable bonds is 6. The number of unbranched alkanes of at least 4 members (excludes halogenated alkanes) is 1. The largest absolute Gasteiger partial charge is 0.493 e. The smallest absolute Gasteiger partial charge is 0.129 e. The summed E-state index contributed by atoms with van der Waals surface area (Å²) >= 11 is 3.48. The van der Waals surface area contributed by atoms with Crippen LogP contribution in [0.15, 0.2) is 51.9 Å². The molecular formula is C18H20BrNO. The van der Waals surface area contributed by atoms with Crippen molar-refractivity contribution in [3.05, 3.63) is 58.1 Å². The maximum Gasteiger partial charge on any atom is 0.129 e. The molecule has 2 nitrogen and oxygen atoms in total. The van der Waals surface area contributed by atoms with Gasteiger partial charge in [-0.2, -0.15) is 0 Å². The van der Waals surface area contributed by atoms with E-state index in [1.807, 2.05) is 36.5 Å². The molecule has 0 spiro atoms. The minimum Gasteiger partial charge on any atom is -0.493 e. The van der Waals surface area contributed by atoms with Gasteiger partial charge in [0.15, 0.2) is 0 Å². The Balaban J connectivity index is 2.16. The van der Waals surface area contributed by atoms with Crippen LogP contribution in [0, 0.1) is 6.92 Å². The van der Waals surface area contributed by atoms with E-state index in [-0.39, 0.29) is 0 Å². The van der Waals surface area contributed by atoms with E-state index < -0.39 is 0 Å². The summed E-state index contributed by atoms with van der Waals surface area (Å²) < 4.78 is 6.86. The monoisotopic (exact) mass is 345 g/mol. The van der Waals surface area contributed by atoms with Crippen LogP contribution in [0.5, 0.6) is 5.75 Å². The van der Waals surface area contributed by atoms with E-state index in [1.54, 1.807) is 0 Å². The molecule has 0 saturated heterocycles. The van der Waals surface area contributed by atoms with E-state index in [1.165, 1.54) is 5.56 Å². The highest BCUT2D eigenvalue weighted by Gasteiger charge is 2.02. The standard InChI is InChI=1S/C18H20BrNO/c1-3-4-11-21-18-12-16(19)8-7-15(18)13-20-17-9-5-14(2)6-10-17/h5-10,12-13H,3-4,11H2,1-2H3/b20-13+. The van der Waals surface area contributed by atoms with Gasteiger partial charge in [0.05, 0.1) is 12.3 Å². The van der Waals surface area contributed by atoms with Crippen molar-refractivity contribution in [2.75, 3.05) is 6.61 Å². The predicted molar refractivity (Wildman–Crippen MR) is 93.0 cm³/mol. The molecule has 0 fully saturated rings. The first-order chi connectivity index (χ1) is 10.2. The number of hydrogen-bond donors (Lipinski definition) is 0. The zero-order chi connectivity index (χ0) is 15.1. The zero-order valence-corrected chi connectivity index (χ0v) is 14.1. The molecular weight excluding hydrogens is 326 g/mol. The van der Waals surface area contributed by atoms with E-state index in [9.17, 15) is 0 Å². The first-order valence-electron chi connectivity index (χ1n) is 7.22. The third-order valence-corrected chi connectivity index (χ3v) is 3.61. The van der Waals surface area contributed by atoms with E-state index in [2.05, 4.69) is 46.9 Å². The van der Waals surface area contributed by atoms with Crippen LogP contribution in [-0.4, -0.2) is 12.8 Å². The molecule has 0 unspecified atom stereocenters. The second-order valence-corrected chi connectivity index (χ2v) is 5.89. The van der Waals surface area contributed by atoms with Crippen LogP contribution < -0.4 is 4.74 Å². The van der Waals surface area contributed by atoms with Gasteiger partial charge in [-0.15, -0.1) is 0 Å². The molecule has 0 aliphatic carbocycles. The molecule has 2 rings (SSSR count). The SMILES string of the molecule is CCCCOc1cc(Br)ccc1/C=N/c1ccc(C)cc1. The fourth-order valence-corrected chi connectivity index (χ4v) is 2.18. The molecule has 2 aromatic rings. The molecule has 0 amide bonds. The second-order valence-electron chi connectivity index (χ2n) is 4.98. The highest BCUT2D eigenvalue weighted by molar-refractivity contribution is 9.10. The molecule has 0 aromatic heterocycles. The fraction of sp³-hybridized carbons (Fsp3) is 0.278. The van der Waals surface area contributed by atoms with Crippen molar-refractivity contribution in [3.8, 4) is 5.75 Å². The molecule has 110 valence electrons. The molecule has 0 N–H and O–H groups in total. The van der Waals surface area contributed by atoms with Gasteiger partial charge in [0.2, 0.25) is 0 Å². The lowest BCUT2D eigenvalue weighted by molar-refractivity contribution is 0.309. The second kappa shape index (κ2) is 7.99. The number of aliphatic imine (C=N–C) groups is 1. The van der Waals surface area contributed by atoms with Crippen molar-refractivity contribution in [1.29, 1.82) is 0 Å². The summed E-state index contributed by atoms with van der Waals surface area (Å²) in [5.74, 6) is 0.869. The normalized spacial score (nSPS) is 11.0. The molecule has 21 heavy (non-hydrogen) atoms. The van der Waals surface area contributed by atoms with Crippen LogP contribution in [0.4, 0.5) is 5.69 Å². The minimum absolute atomic E-state index is 0.734. The van der Waals surface area contributed by atoms with Crippen LogP contribution >= 0.6 is 15.9 Å². The van der Waals surface area contributed by atoms with Gasteiger partial charge in [0, 0.05) is 16.3 Å². The Morgan fingerprint density at radius 3 is 2.62 bits per heavy atom. The first kappa shape index (κ1) is 15.8. The van der Waals surface area contributed by atoms with Gasteiger partial charge in [0.25, 0.3) is 0 Å². The molecule has 0 radical (unpaired) electrons. The third kappa shape index (κ3) is 5.01. The lowest BCUT2D eigenvalue weighted by Gasteiger charge is -2.09. The van der Waals surface area contributed by atoms with Gasteiger partial charge >= 0.3 is 0 Å². The number of halogens is 1. The van der Waals surface area contributed by atoms with Gasteiger partial charge in [0.1, 0.15) is 5.75 Å². The Hall–Kier alpha value is -1.61. The highest BCUT2D eigenvalue weighted by Crippen LogP contribution is 2.23. The molecule has 0 bridgehead atoms. The zero-order valence-electron chi connectivity index (χ0n) is 12.5. The predicted octanol–water partition coefficient (Wildman–Crippen LogP) is 5.69. The fourth-order valence-electron chi connectivity index (χ4n) is 1.84. The average Bonchev–Trinajstić information content (AvgIpc) is 2.48. The molecule has 0 aliphatic heterocycles. The number of ether oxygens (including phenoxy) is 1. The number of nitrogens with zero attached hydrogens (tertiary/aromatic N) is 1. The summed E-state index contributed by atoms with van der Waals surface area (Å²) in [6.45, 7) is 4.96. The molecule has 0 saturated carbocycles. The van der Waals surface area contributed by atoms with Crippen LogP contribution in [0.1, 0.15) is 30.9 Å². The average molecular weight is 346 g/mol. The van der Waals surface area contributed by atoms with Crippen molar-refractivity contribution in [3.63, 3.8) is 0 Å². The lowest BCUT2D eigenvalue weighted by atomic mass is 10.2. The molecule has 3 heteroatoms. The van der Waals surface area contributed by atoms with Crippen molar-refractivity contribution in [1.82, 2.24) is 0 Å². The van der Waals surface area contributed by atoms with Crippen LogP contribution in [0.25, 0.3) is 0 Å². The Labute approximate surface area is 135 Å². The van der Waals surface area contributed by atoms with Crippen molar-refractivity contribution in [2.45, 2.75) is 26.7 Å². The molecule has 0 heterocycles. The van der Waals surface area contributed by atoms with E-state index in [4.69, 9.17) is 4.74 Å². The Morgan fingerprint density at radius 2 is 1.90 bits per heavy atom. The maximum absolute atomic E-state index is 5.84. The highest BCUT2D eigenvalue weighted by atomic mass is 79.9. The van der Waals surface area contributed by atoms with Gasteiger partial charge in [-0.25, -0.2) is 0 Å². The van der Waals surface area contributed by atoms with Gasteiger partial charge in [-0.1, -0.05) is 47.0 Å². The third-order valence-electron chi connectivity index (χ3n) is 3.12. The quantitative estimate of drug-likeness (QED) is 0.487. The Bertz CT molecular complexity index is 605. The minimum atomic E-state index is 0.734. The summed E-state index contributed by atoms with van der Waals surface area (Å²) in [5.41, 5.74) is 3.18. The topological polar surface area (TPSA) is 21.6 Å². The molecule has 0 aliphatic rings. The number of hydrogen-bond acceptors (Lipinski definition) is 2. The van der Waals surface area contributed by atoms with Gasteiger partial charge in [-0.3, -0.25) is 4.99 Å². The van der Waals surface area contributed by atoms with Crippen LogP contribution in [-0.2, 0) is 0 Å². The van der Waals surface area contributed by atoms with Gasteiger partial charge < -0.3 is 4.74 Å². The Kier molecular flexibility index (Phi) is 6.00. The summed E-state index contributed by atoms with van der Waals surface area (Å²) in [6, 6.07) is 14.2. The van der Waals surface area contributed by atoms with Gasteiger partial charge in [-0.05, 0) is 43.7 Å². The maximum atomic E-state index is 5.84. The number of aryl methyl sites for hydroxylation is 1. The Morgan fingerprint density at radius 1 is 1.14 bits per heavy atom. The summed E-state index contributed by atoms with van der Waals surface area (Å²) in [6.07, 6.45) is 4.04. The molecule has 2 aromatic carbocycles. The first-order valence-corrected chi connectivity index (χ1v) is 8.01. The van der Waals surface area contributed by atoms with Crippen LogP contribution in [0.2, 0.25) is 0 Å². The van der Waals surface area contributed by atoms with Crippen LogP contribution in [0.3, 0.4) is 0 Å². The van der Waals surface area contributed by atoms with E-state index in [0.29, 0.717) is 0 Å². The lowest BCUT2D eigenvalue weighted by Crippen LogP contribution is -1.99. The van der Waals surface area contributed by atoms with Crippen molar-refractivity contribution in [2.24, 2.45) is 4.99 Å². The summed E-state index contributed by atoms with van der Waals surface area (Å²) in [7, 11) is 0. The van der Waals surface area contributed by atoms with E-state index >= 15 is 0 Å². The van der Waals surface area contributed by atoms with Crippen molar-refractivity contribution < 1.29 is 4.74 Å².